The number of carbonyl (C=O) groups excluding carboxylic acids is 2. The molecular weight excluding hydrogens is 500 g/mol. The van der Waals surface area contributed by atoms with Crippen LogP contribution in [0.1, 0.15) is 43.0 Å². The fourth-order valence-electron chi connectivity index (χ4n) is 5.01. The van der Waals surface area contributed by atoms with Crippen molar-refractivity contribution < 1.29 is 34.0 Å². The van der Waals surface area contributed by atoms with E-state index in [-0.39, 0.29) is 22.8 Å². The van der Waals surface area contributed by atoms with Gasteiger partial charge in [0.15, 0.2) is 11.5 Å². The highest BCUT2D eigenvalue weighted by molar-refractivity contribution is 6.46. The SMILES string of the molecule is COc1cc([C@H]2C(=C(O)c3ccc(OCC(C)C)cc3C)C(=O)C(=O)N2CCCN2CCOCC2)ccc1O. The molecule has 0 spiro atoms. The quantitative estimate of drug-likeness (QED) is 0.267. The molecule has 39 heavy (non-hydrogen) atoms. The number of hydrogen-bond acceptors (Lipinski definition) is 8. The highest BCUT2D eigenvalue weighted by Crippen LogP contribution is 2.42. The number of Topliss-reactive ketones (excluding diaryl/α,β-unsaturated/α-hetero) is 1. The minimum Gasteiger partial charge on any atom is -0.507 e. The Labute approximate surface area is 229 Å². The second-order valence-corrected chi connectivity index (χ2v) is 10.4. The number of nitrogens with zero attached hydrogens (tertiary/aromatic N) is 2. The van der Waals surface area contributed by atoms with E-state index >= 15 is 0 Å². The first-order valence-corrected chi connectivity index (χ1v) is 13.4. The first-order chi connectivity index (χ1) is 18.7. The lowest BCUT2D eigenvalue weighted by Gasteiger charge is -2.29. The number of carbonyl (C=O) groups is 2. The third-order valence-corrected chi connectivity index (χ3v) is 7.07. The molecule has 0 saturated carbocycles. The van der Waals surface area contributed by atoms with Crippen molar-refractivity contribution in [2.24, 2.45) is 5.92 Å². The van der Waals surface area contributed by atoms with Gasteiger partial charge in [0.2, 0.25) is 0 Å². The summed E-state index contributed by atoms with van der Waals surface area (Å²) in [7, 11) is 1.43. The number of aliphatic hydroxyl groups is 1. The molecule has 0 bridgehead atoms. The molecule has 2 aromatic carbocycles. The van der Waals surface area contributed by atoms with Crippen molar-refractivity contribution in [1.82, 2.24) is 9.80 Å². The predicted octanol–water partition coefficient (Wildman–Crippen LogP) is 3.89. The van der Waals surface area contributed by atoms with Crippen LogP contribution >= 0.6 is 0 Å². The van der Waals surface area contributed by atoms with Gasteiger partial charge in [-0.15, -0.1) is 0 Å². The molecule has 2 heterocycles. The molecule has 2 aliphatic rings. The van der Waals surface area contributed by atoms with Crippen LogP contribution in [0.4, 0.5) is 0 Å². The van der Waals surface area contributed by atoms with Crippen LogP contribution in [0, 0.1) is 12.8 Å². The van der Waals surface area contributed by atoms with Gasteiger partial charge in [0.1, 0.15) is 11.5 Å². The first kappa shape index (κ1) is 28.4. The highest BCUT2D eigenvalue weighted by atomic mass is 16.5. The Bertz CT molecular complexity index is 1230. The van der Waals surface area contributed by atoms with E-state index in [4.69, 9.17) is 14.2 Å². The molecule has 210 valence electrons. The molecule has 2 N–H and O–H groups in total. The van der Waals surface area contributed by atoms with Gasteiger partial charge in [-0.25, -0.2) is 0 Å². The third-order valence-electron chi connectivity index (χ3n) is 7.07. The highest BCUT2D eigenvalue weighted by Gasteiger charge is 2.46. The van der Waals surface area contributed by atoms with E-state index in [0.29, 0.717) is 61.1 Å². The monoisotopic (exact) mass is 538 g/mol. The molecule has 0 aliphatic carbocycles. The zero-order valence-corrected chi connectivity index (χ0v) is 23.1. The average Bonchev–Trinajstić information content (AvgIpc) is 3.17. The molecular formula is C30H38N2O7. The molecule has 0 aromatic heterocycles. The van der Waals surface area contributed by atoms with Crippen molar-refractivity contribution in [3.8, 4) is 17.2 Å². The number of amides is 1. The van der Waals surface area contributed by atoms with E-state index in [1.807, 2.05) is 13.0 Å². The zero-order valence-electron chi connectivity index (χ0n) is 23.1. The summed E-state index contributed by atoms with van der Waals surface area (Å²) in [5.74, 6) is -0.455. The number of aryl methyl sites for hydroxylation is 1. The van der Waals surface area contributed by atoms with Gasteiger partial charge < -0.3 is 29.3 Å². The molecule has 0 unspecified atom stereocenters. The van der Waals surface area contributed by atoms with Crippen LogP contribution in [0.5, 0.6) is 17.2 Å². The molecule has 2 aromatic rings. The fraction of sp³-hybridized carbons (Fsp3) is 0.467. The summed E-state index contributed by atoms with van der Waals surface area (Å²) in [6.07, 6.45) is 0.652. The third kappa shape index (κ3) is 6.37. The van der Waals surface area contributed by atoms with Crippen molar-refractivity contribution in [3.63, 3.8) is 0 Å². The summed E-state index contributed by atoms with van der Waals surface area (Å²) >= 11 is 0. The normalized spacial score (nSPS) is 19.6. The van der Waals surface area contributed by atoms with Crippen molar-refractivity contribution in [2.45, 2.75) is 33.2 Å². The van der Waals surface area contributed by atoms with E-state index in [1.165, 1.54) is 18.1 Å². The van der Waals surface area contributed by atoms with Gasteiger partial charge in [0.25, 0.3) is 11.7 Å². The summed E-state index contributed by atoms with van der Waals surface area (Å²) in [6, 6.07) is 9.15. The van der Waals surface area contributed by atoms with Gasteiger partial charge >= 0.3 is 0 Å². The molecule has 2 aliphatic heterocycles. The maximum absolute atomic E-state index is 13.4. The van der Waals surface area contributed by atoms with Crippen LogP contribution in [0.2, 0.25) is 0 Å². The lowest BCUT2D eigenvalue weighted by atomic mass is 9.93. The molecule has 2 fully saturated rings. The largest absolute Gasteiger partial charge is 0.507 e. The number of methoxy groups -OCH3 is 1. The minimum absolute atomic E-state index is 0.0121. The van der Waals surface area contributed by atoms with E-state index in [0.717, 1.165) is 19.6 Å². The van der Waals surface area contributed by atoms with E-state index < -0.39 is 17.7 Å². The number of aromatic hydroxyl groups is 1. The number of ketones is 1. The zero-order chi connectivity index (χ0) is 28.1. The molecule has 1 atom stereocenters. The summed E-state index contributed by atoms with van der Waals surface area (Å²) in [6.45, 7) is 10.6. The Morgan fingerprint density at radius 3 is 2.51 bits per heavy atom. The second-order valence-electron chi connectivity index (χ2n) is 10.4. The predicted molar refractivity (Wildman–Crippen MR) is 147 cm³/mol. The summed E-state index contributed by atoms with van der Waals surface area (Å²) in [5.41, 5.74) is 1.74. The van der Waals surface area contributed by atoms with Crippen LogP contribution in [0.3, 0.4) is 0 Å². The Hall–Kier alpha value is -3.56. The number of morpholine rings is 1. The van der Waals surface area contributed by atoms with Crippen LogP contribution in [-0.2, 0) is 14.3 Å². The maximum atomic E-state index is 13.4. The fourth-order valence-corrected chi connectivity index (χ4v) is 5.01. The Kier molecular flexibility index (Phi) is 9.14. The van der Waals surface area contributed by atoms with Crippen molar-refractivity contribution in [2.75, 3.05) is 53.1 Å². The standard InChI is InChI=1S/C30H38N2O7/c1-19(2)18-39-22-7-8-23(20(3)16-22)28(34)26-27(21-6-9-24(33)25(17-21)37-4)32(30(36)29(26)35)11-5-10-31-12-14-38-15-13-31/h6-9,16-17,19,27,33-34H,5,10-15,18H2,1-4H3/t27-/m0/s1. The number of ether oxygens (including phenoxy) is 3. The lowest BCUT2D eigenvalue weighted by molar-refractivity contribution is -0.140. The Balaban J connectivity index is 1.70. The molecule has 1 amide bonds. The number of rotatable bonds is 10. The minimum atomic E-state index is -0.833. The van der Waals surface area contributed by atoms with Crippen LogP contribution in [0.15, 0.2) is 42.0 Å². The Morgan fingerprint density at radius 2 is 1.85 bits per heavy atom. The van der Waals surface area contributed by atoms with Crippen molar-refractivity contribution in [1.29, 1.82) is 0 Å². The lowest BCUT2D eigenvalue weighted by Crippen LogP contribution is -2.38. The van der Waals surface area contributed by atoms with Crippen LogP contribution < -0.4 is 9.47 Å². The van der Waals surface area contributed by atoms with Gasteiger partial charge in [-0.1, -0.05) is 19.9 Å². The first-order valence-electron chi connectivity index (χ1n) is 13.4. The summed E-state index contributed by atoms with van der Waals surface area (Å²) in [4.78, 5) is 30.5. The van der Waals surface area contributed by atoms with Gasteiger partial charge in [0, 0.05) is 31.7 Å². The van der Waals surface area contributed by atoms with Crippen LogP contribution in [0.25, 0.3) is 5.76 Å². The molecule has 2 saturated heterocycles. The van der Waals surface area contributed by atoms with Gasteiger partial charge in [-0.3, -0.25) is 14.5 Å². The van der Waals surface area contributed by atoms with E-state index in [2.05, 4.69) is 18.7 Å². The number of benzene rings is 2. The van der Waals surface area contributed by atoms with E-state index in [9.17, 15) is 19.8 Å². The molecule has 0 radical (unpaired) electrons. The van der Waals surface area contributed by atoms with Crippen molar-refractivity contribution in [3.05, 3.63) is 58.7 Å². The summed E-state index contributed by atoms with van der Waals surface area (Å²) in [5, 5.41) is 21.7. The smallest absolute Gasteiger partial charge is 0.295 e. The number of hydrogen-bond donors (Lipinski definition) is 2. The number of aliphatic hydroxyl groups excluding tert-OH is 1. The van der Waals surface area contributed by atoms with Gasteiger partial charge in [0.05, 0.1) is 38.5 Å². The van der Waals surface area contributed by atoms with Crippen LogP contribution in [-0.4, -0.2) is 84.8 Å². The molecule has 9 heteroatoms. The molecule has 4 rings (SSSR count). The Morgan fingerprint density at radius 1 is 1.10 bits per heavy atom. The summed E-state index contributed by atoms with van der Waals surface area (Å²) < 4.78 is 16.5. The number of phenolic OH excluding ortho intramolecular Hbond substituents is 1. The average molecular weight is 539 g/mol. The second kappa shape index (κ2) is 12.5. The number of phenols is 1. The van der Waals surface area contributed by atoms with Gasteiger partial charge in [-0.05, 0) is 60.7 Å². The molecule has 9 nitrogen and oxygen atoms in total. The number of likely N-dealkylation sites (tertiary alicyclic amines) is 1. The van der Waals surface area contributed by atoms with E-state index in [1.54, 1.807) is 24.3 Å². The topological polar surface area (TPSA) is 109 Å². The van der Waals surface area contributed by atoms with Gasteiger partial charge in [-0.2, -0.15) is 0 Å². The van der Waals surface area contributed by atoms with Crippen molar-refractivity contribution >= 4 is 17.4 Å². The maximum Gasteiger partial charge on any atom is 0.295 e.